The Bertz CT molecular complexity index is 1860. The number of Topliss-reactive ketones (excluding diaryl/α,β-unsaturated/α-hetero) is 2. The third-order valence-corrected chi connectivity index (χ3v) is 11.7. The molecule has 4 unspecified atom stereocenters. The lowest BCUT2D eigenvalue weighted by Crippen LogP contribution is -2.59. The molecule has 15 heteroatoms. The molecule has 0 saturated carbocycles. The Labute approximate surface area is 318 Å². The molecule has 6 aliphatic rings. The van der Waals surface area contributed by atoms with Crippen molar-refractivity contribution in [2.75, 3.05) is 74.0 Å². The summed E-state index contributed by atoms with van der Waals surface area (Å²) < 4.78 is 16.5. The largest absolute Gasteiger partial charge is 0.386 e. The molecule has 9 heterocycles. The summed E-state index contributed by atoms with van der Waals surface area (Å²) in [4.78, 5) is 43.7. The van der Waals surface area contributed by atoms with E-state index in [1.165, 1.54) is 12.4 Å². The van der Waals surface area contributed by atoms with Crippen LogP contribution in [-0.2, 0) is 14.2 Å². The smallest absolute Gasteiger partial charge is 0.191 e. The normalized spacial score (nSPS) is 26.5. The molecule has 1 N–H and O–H groups in total. The van der Waals surface area contributed by atoms with Gasteiger partial charge in [0.05, 0.1) is 101 Å². The minimum atomic E-state index is -0.590. The number of pyridine rings is 3. The highest BCUT2D eigenvalue weighted by Gasteiger charge is 2.49. The molecule has 6 aliphatic heterocycles. The van der Waals surface area contributed by atoms with Gasteiger partial charge in [-0.05, 0) is 18.2 Å². The zero-order valence-corrected chi connectivity index (χ0v) is 31.9. The lowest BCUT2D eigenvalue weighted by molar-refractivity contribution is -0.0288. The zero-order valence-electron chi connectivity index (χ0n) is 29.7. The van der Waals surface area contributed by atoms with E-state index in [0.717, 1.165) is 42.4 Å². The van der Waals surface area contributed by atoms with Gasteiger partial charge in [0.15, 0.2) is 11.6 Å². The van der Waals surface area contributed by atoms with Gasteiger partial charge >= 0.3 is 0 Å². The quantitative estimate of drug-likeness (QED) is 0.301. The van der Waals surface area contributed by atoms with Crippen molar-refractivity contribution in [1.29, 1.82) is 0 Å². The minimum absolute atomic E-state index is 0.0616. The number of nitrogens with zero attached hydrogens (tertiary/aromatic N) is 6. The second kappa shape index (κ2) is 14.6. The van der Waals surface area contributed by atoms with Crippen LogP contribution in [0.2, 0.25) is 15.1 Å². The van der Waals surface area contributed by atoms with Crippen LogP contribution in [-0.4, -0.2) is 109 Å². The zero-order chi connectivity index (χ0) is 36.9. The van der Waals surface area contributed by atoms with Crippen LogP contribution in [0.5, 0.6) is 0 Å². The van der Waals surface area contributed by atoms with E-state index in [-0.39, 0.29) is 35.1 Å². The first-order chi connectivity index (χ1) is 24.8. The molecule has 9 rings (SSSR count). The number of ketones is 2. The first-order valence-corrected chi connectivity index (χ1v) is 18.7. The Balaban J connectivity index is 0.000000122. The van der Waals surface area contributed by atoms with Crippen molar-refractivity contribution in [2.45, 2.75) is 58.3 Å². The summed E-state index contributed by atoms with van der Waals surface area (Å²) >= 11 is 17.9. The van der Waals surface area contributed by atoms with E-state index in [1.807, 2.05) is 32.0 Å². The molecular weight excluding hydrogens is 731 g/mol. The Kier molecular flexibility index (Phi) is 10.5. The highest BCUT2D eigenvalue weighted by Crippen LogP contribution is 2.48. The fourth-order valence-electron chi connectivity index (χ4n) is 8.01. The summed E-state index contributed by atoms with van der Waals surface area (Å²) in [5.41, 5.74) is 3.69. The van der Waals surface area contributed by atoms with Crippen LogP contribution in [0.4, 0.5) is 17.1 Å². The first kappa shape index (κ1) is 37.2. The van der Waals surface area contributed by atoms with E-state index in [1.54, 1.807) is 6.20 Å². The molecule has 0 spiro atoms. The molecule has 52 heavy (non-hydrogen) atoms. The van der Waals surface area contributed by atoms with Crippen LogP contribution < -0.4 is 14.7 Å². The van der Waals surface area contributed by atoms with Gasteiger partial charge in [-0.2, -0.15) is 0 Å². The summed E-state index contributed by atoms with van der Waals surface area (Å²) in [6, 6.07) is 5.91. The maximum Gasteiger partial charge on any atom is 0.191 e. The standard InChI is InChI=1S/C13H17ClN2O2.C13H15ClN2O2.C11H11ClN2O2/c2*1-13(2)10-7-18-4-3-16(10)9-5-8(14)6-15-11(9)12(13)17;12-7-3-9-11(13-5-7)10(15)4-8-6-16-2-1-14(8)9/h5-6,10,12,17H,3-4,7H2,1-2H3;5-6,10H,3-4,7H2,1-2H3;3,5,8H,1-2,4,6H2. The monoisotopic (exact) mass is 772 g/mol. The van der Waals surface area contributed by atoms with Crippen LogP contribution in [0, 0.1) is 10.8 Å². The van der Waals surface area contributed by atoms with Crippen molar-refractivity contribution in [1.82, 2.24) is 15.0 Å². The number of rotatable bonds is 0. The predicted octanol–water partition coefficient (Wildman–Crippen LogP) is 5.70. The van der Waals surface area contributed by atoms with Crippen molar-refractivity contribution in [2.24, 2.45) is 10.8 Å². The molecule has 0 bridgehead atoms. The van der Waals surface area contributed by atoms with Gasteiger partial charge in [0.2, 0.25) is 0 Å². The molecule has 3 aromatic heterocycles. The highest BCUT2D eigenvalue weighted by molar-refractivity contribution is 6.31. The van der Waals surface area contributed by atoms with Gasteiger partial charge < -0.3 is 34.0 Å². The summed E-state index contributed by atoms with van der Waals surface area (Å²) in [7, 11) is 0. The Hall–Kier alpha value is -3.10. The van der Waals surface area contributed by atoms with Gasteiger partial charge in [-0.3, -0.25) is 14.6 Å². The number of hydrogen-bond donors (Lipinski definition) is 1. The van der Waals surface area contributed by atoms with Gasteiger partial charge in [-0.25, -0.2) is 9.97 Å². The van der Waals surface area contributed by atoms with E-state index in [9.17, 15) is 14.7 Å². The fourth-order valence-corrected chi connectivity index (χ4v) is 8.46. The molecule has 0 aromatic carbocycles. The summed E-state index contributed by atoms with van der Waals surface area (Å²) in [6.45, 7) is 14.3. The average molecular weight is 774 g/mol. The number of carbonyl (C=O) groups is 2. The molecule has 4 atom stereocenters. The molecule has 0 radical (unpaired) electrons. The van der Waals surface area contributed by atoms with Gasteiger partial charge in [0.25, 0.3) is 0 Å². The number of hydrogen-bond acceptors (Lipinski definition) is 12. The number of aliphatic hydroxyl groups is 1. The maximum absolute atomic E-state index is 12.5. The number of ether oxygens (including phenoxy) is 3. The summed E-state index contributed by atoms with van der Waals surface area (Å²) in [5, 5.41) is 12.3. The highest BCUT2D eigenvalue weighted by atomic mass is 35.5. The number of fused-ring (bicyclic) bond motifs is 9. The van der Waals surface area contributed by atoms with Crippen LogP contribution in [0.3, 0.4) is 0 Å². The number of aliphatic hydroxyl groups excluding tert-OH is 1. The number of carbonyl (C=O) groups excluding carboxylic acids is 2. The van der Waals surface area contributed by atoms with Crippen molar-refractivity contribution in [3.05, 3.63) is 68.9 Å². The Morgan fingerprint density at radius 2 is 1.19 bits per heavy atom. The lowest BCUT2D eigenvalue weighted by Gasteiger charge is -2.52. The van der Waals surface area contributed by atoms with Crippen LogP contribution >= 0.6 is 34.8 Å². The number of aromatic nitrogens is 3. The van der Waals surface area contributed by atoms with Gasteiger partial charge in [-0.1, -0.05) is 62.5 Å². The van der Waals surface area contributed by atoms with Gasteiger partial charge in [0.1, 0.15) is 17.5 Å². The van der Waals surface area contributed by atoms with Crippen molar-refractivity contribution < 1.29 is 28.9 Å². The Morgan fingerprint density at radius 1 is 0.692 bits per heavy atom. The van der Waals surface area contributed by atoms with Gasteiger partial charge in [0, 0.05) is 50.1 Å². The first-order valence-electron chi connectivity index (χ1n) is 17.5. The SMILES string of the molecule is CC1(C)C(=O)c2ncc(Cl)cc2N2CCOCC21.CC1(C)C(O)c2ncc(Cl)cc2N2CCOCC21.O=C1CC2COCCN2c2cc(Cl)cnc21. The fraction of sp³-hybridized carbons (Fsp3) is 0.541. The van der Waals surface area contributed by atoms with Crippen LogP contribution in [0.25, 0.3) is 0 Å². The van der Waals surface area contributed by atoms with E-state index >= 15 is 0 Å². The van der Waals surface area contributed by atoms with E-state index in [4.69, 9.17) is 49.0 Å². The van der Waals surface area contributed by atoms with E-state index in [0.29, 0.717) is 72.5 Å². The number of morpholine rings is 3. The summed E-state index contributed by atoms with van der Waals surface area (Å²) in [5.74, 6) is 0.152. The molecule has 0 amide bonds. The second-order valence-corrected chi connectivity index (χ2v) is 16.3. The van der Waals surface area contributed by atoms with Gasteiger partial charge in [-0.15, -0.1) is 0 Å². The summed E-state index contributed by atoms with van der Waals surface area (Å²) in [6.07, 6.45) is 4.56. The lowest BCUT2D eigenvalue weighted by atomic mass is 9.73. The molecule has 12 nitrogen and oxygen atoms in total. The van der Waals surface area contributed by atoms with E-state index < -0.39 is 11.5 Å². The molecule has 3 aromatic rings. The maximum atomic E-state index is 12.5. The van der Waals surface area contributed by atoms with Crippen LogP contribution in [0.1, 0.15) is 66.9 Å². The van der Waals surface area contributed by atoms with Crippen LogP contribution in [0.15, 0.2) is 36.8 Å². The molecular formula is C37H43Cl3N6O6. The molecule has 0 aliphatic carbocycles. The molecule has 278 valence electrons. The van der Waals surface area contributed by atoms with Crippen molar-refractivity contribution in [3.63, 3.8) is 0 Å². The minimum Gasteiger partial charge on any atom is -0.386 e. The predicted molar refractivity (Wildman–Crippen MR) is 199 cm³/mol. The molecule has 3 fully saturated rings. The molecule has 3 saturated heterocycles. The topological polar surface area (TPSA) is 130 Å². The third-order valence-electron chi connectivity index (χ3n) is 11.1. The second-order valence-electron chi connectivity index (χ2n) is 15.0. The third kappa shape index (κ3) is 6.76. The average Bonchev–Trinajstić information content (AvgIpc) is 3.14. The number of anilines is 3. The van der Waals surface area contributed by atoms with Crippen molar-refractivity contribution in [3.8, 4) is 0 Å². The Morgan fingerprint density at radius 3 is 1.85 bits per heavy atom. The van der Waals surface area contributed by atoms with E-state index in [2.05, 4.69) is 43.5 Å². The number of halogens is 3. The van der Waals surface area contributed by atoms with Crippen molar-refractivity contribution >= 4 is 63.4 Å².